The fraction of sp³-hybridized carbons (Fsp3) is 0.400. The van der Waals surface area contributed by atoms with Gasteiger partial charge < -0.3 is 14.1 Å². The number of furan rings is 1. The Morgan fingerprint density at radius 1 is 1.21 bits per heavy atom. The van der Waals surface area contributed by atoms with Crippen molar-refractivity contribution in [3.63, 3.8) is 0 Å². The maximum atomic E-state index is 6.15. The second-order valence-corrected chi connectivity index (χ2v) is 7.25. The van der Waals surface area contributed by atoms with Crippen molar-refractivity contribution in [3.8, 4) is 17.3 Å². The summed E-state index contributed by atoms with van der Waals surface area (Å²) in [6, 6.07) is 5.88. The standard InChI is InChI=1S/C20H23N7O2/c1-4-28-15-6-7-17-16(10-15)13(2)18(29-17)19-22-23-20(25(19)3)26-8-5-9-27-14(12-26)11-21-24-27/h6-7,10-11H,4-5,8-9,12H2,1-3H3. The molecule has 29 heavy (non-hydrogen) atoms. The molecule has 0 fully saturated rings. The van der Waals surface area contributed by atoms with Gasteiger partial charge in [0.15, 0.2) is 5.76 Å². The first-order valence-corrected chi connectivity index (χ1v) is 9.83. The van der Waals surface area contributed by atoms with Crippen LogP contribution in [0.4, 0.5) is 5.95 Å². The van der Waals surface area contributed by atoms with Gasteiger partial charge in [-0.3, -0.25) is 4.57 Å². The van der Waals surface area contributed by atoms with Crippen LogP contribution in [-0.2, 0) is 20.1 Å². The number of nitrogens with zero attached hydrogens (tertiary/aromatic N) is 7. The molecule has 0 saturated carbocycles. The maximum absolute atomic E-state index is 6.15. The lowest BCUT2D eigenvalue weighted by Crippen LogP contribution is -2.25. The summed E-state index contributed by atoms with van der Waals surface area (Å²) in [6.07, 6.45) is 2.79. The van der Waals surface area contributed by atoms with Crippen LogP contribution in [0, 0.1) is 6.92 Å². The van der Waals surface area contributed by atoms with Gasteiger partial charge in [-0.15, -0.1) is 15.3 Å². The normalized spacial score (nSPS) is 14.2. The van der Waals surface area contributed by atoms with Gasteiger partial charge in [-0.25, -0.2) is 4.68 Å². The van der Waals surface area contributed by atoms with Crippen LogP contribution in [0.15, 0.2) is 28.8 Å². The zero-order valence-corrected chi connectivity index (χ0v) is 16.8. The summed E-state index contributed by atoms with van der Waals surface area (Å²) in [5.74, 6) is 3.09. The lowest BCUT2D eigenvalue weighted by molar-refractivity contribution is 0.340. The highest BCUT2D eigenvalue weighted by Gasteiger charge is 2.24. The van der Waals surface area contributed by atoms with Gasteiger partial charge in [-0.1, -0.05) is 5.21 Å². The molecule has 1 aromatic carbocycles. The molecule has 4 aromatic rings. The van der Waals surface area contributed by atoms with E-state index in [2.05, 4.69) is 25.4 Å². The molecule has 0 spiro atoms. The minimum atomic E-state index is 0.631. The maximum Gasteiger partial charge on any atom is 0.227 e. The fourth-order valence-corrected chi connectivity index (χ4v) is 3.91. The van der Waals surface area contributed by atoms with E-state index in [4.69, 9.17) is 9.15 Å². The lowest BCUT2D eigenvalue weighted by atomic mass is 10.1. The summed E-state index contributed by atoms with van der Waals surface area (Å²) < 4.78 is 15.7. The van der Waals surface area contributed by atoms with E-state index in [0.717, 1.165) is 59.2 Å². The molecule has 1 aliphatic heterocycles. The van der Waals surface area contributed by atoms with E-state index in [9.17, 15) is 0 Å². The molecule has 0 saturated heterocycles. The smallest absolute Gasteiger partial charge is 0.227 e. The zero-order chi connectivity index (χ0) is 20.0. The number of aryl methyl sites for hydroxylation is 2. The van der Waals surface area contributed by atoms with Crippen LogP contribution in [0.25, 0.3) is 22.6 Å². The van der Waals surface area contributed by atoms with E-state index >= 15 is 0 Å². The Balaban J connectivity index is 1.52. The lowest BCUT2D eigenvalue weighted by Gasteiger charge is -2.20. The molecule has 0 unspecified atom stereocenters. The molecule has 150 valence electrons. The molecule has 0 N–H and O–H groups in total. The molecular formula is C20H23N7O2. The Bertz CT molecular complexity index is 1170. The molecule has 0 bridgehead atoms. The van der Waals surface area contributed by atoms with Crippen LogP contribution in [-0.4, -0.2) is 42.9 Å². The predicted molar refractivity (Wildman–Crippen MR) is 108 cm³/mol. The van der Waals surface area contributed by atoms with Crippen molar-refractivity contribution in [2.75, 3.05) is 18.1 Å². The minimum absolute atomic E-state index is 0.631. The van der Waals surface area contributed by atoms with Crippen molar-refractivity contribution >= 4 is 16.9 Å². The summed E-state index contributed by atoms with van der Waals surface area (Å²) in [4.78, 5) is 2.21. The quantitative estimate of drug-likeness (QED) is 0.527. The molecule has 0 aliphatic carbocycles. The molecule has 4 heterocycles. The highest BCUT2D eigenvalue weighted by atomic mass is 16.5. The molecule has 0 amide bonds. The van der Waals surface area contributed by atoms with Gasteiger partial charge in [0.05, 0.1) is 25.0 Å². The largest absolute Gasteiger partial charge is 0.494 e. The van der Waals surface area contributed by atoms with Crippen LogP contribution in [0.5, 0.6) is 5.75 Å². The Hall–Kier alpha value is -3.36. The van der Waals surface area contributed by atoms with E-state index in [0.29, 0.717) is 19.0 Å². The van der Waals surface area contributed by atoms with Gasteiger partial charge >= 0.3 is 0 Å². The van der Waals surface area contributed by atoms with Gasteiger partial charge in [0.2, 0.25) is 11.8 Å². The topological polar surface area (TPSA) is 87.0 Å². The third-order valence-corrected chi connectivity index (χ3v) is 5.41. The molecule has 1 aliphatic rings. The first-order valence-electron chi connectivity index (χ1n) is 9.83. The summed E-state index contributed by atoms with van der Waals surface area (Å²) in [5.41, 5.74) is 2.92. The molecule has 3 aromatic heterocycles. The van der Waals surface area contributed by atoms with Crippen LogP contribution >= 0.6 is 0 Å². The summed E-state index contributed by atoms with van der Waals surface area (Å²) >= 11 is 0. The second-order valence-electron chi connectivity index (χ2n) is 7.25. The molecule has 9 nitrogen and oxygen atoms in total. The first-order chi connectivity index (χ1) is 14.2. The Morgan fingerprint density at radius 3 is 2.97 bits per heavy atom. The van der Waals surface area contributed by atoms with E-state index in [-0.39, 0.29) is 0 Å². The third kappa shape index (κ3) is 2.93. The van der Waals surface area contributed by atoms with Crippen molar-refractivity contribution in [1.82, 2.24) is 29.8 Å². The van der Waals surface area contributed by atoms with Crippen molar-refractivity contribution in [1.29, 1.82) is 0 Å². The van der Waals surface area contributed by atoms with Crippen LogP contribution in [0.2, 0.25) is 0 Å². The summed E-state index contributed by atoms with van der Waals surface area (Å²) in [5, 5.41) is 18.1. The molecule has 0 atom stereocenters. The van der Waals surface area contributed by atoms with Gasteiger partial charge in [0.1, 0.15) is 11.3 Å². The van der Waals surface area contributed by atoms with Crippen LogP contribution in [0.3, 0.4) is 0 Å². The predicted octanol–water partition coefficient (Wildman–Crippen LogP) is 2.94. The van der Waals surface area contributed by atoms with Crippen LogP contribution < -0.4 is 9.64 Å². The Kier molecular flexibility index (Phi) is 4.22. The molecule has 9 heteroatoms. The SMILES string of the molecule is CCOc1ccc2oc(-c3nnc(N4CCCn5nncc5C4)n3C)c(C)c2c1. The minimum Gasteiger partial charge on any atom is -0.494 e. The van der Waals surface area contributed by atoms with E-state index in [1.165, 1.54) is 0 Å². The molecular weight excluding hydrogens is 370 g/mol. The van der Waals surface area contributed by atoms with Crippen molar-refractivity contribution in [2.24, 2.45) is 7.05 Å². The van der Waals surface area contributed by atoms with Gasteiger partial charge in [-0.2, -0.15) is 0 Å². The third-order valence-electron chi connectivity index (χ3n) is 5.41. The number of rotatable bonds is 4. The summed E-state index contributed by atoms with van der Waals surface area (Å²) in [6.45, 7) is 7.10. The molecule has 5 rings (SSSR count). The highest BCUT2D eigenvalue weighted by molar-refractivity contribution is 5.87. The van der Waals surface area contributed by atoms with Crippen molar-refractivity contribution in [2.45, 2.75) is 33.4 Å². The second kappa shape index (κ2) is 6.91. The molecule has 0 radical (unpaired) electrons. The Morgan fingerprint density at radius 2 is 2.10 bits per heavy atom. The number of ether oxygens (including phenoxy) is 1. The monoisotopic (exact) mass is 393 g/mol. The van der Waals surface area contributed by atoms with E-state index in [1.807, 2.05) is 54.5 Å². The van der Waals surface area contributed by atoms with Crippen molar-refractivity contribution < 1.29 is 9.15 Å². The number of benzene rings is 1. The van der Waals surface area contributed by atoms with Gasteiger partial charge in [0.25, 0.3) is 0 Å². The number of hydrogen-bond donors (Lipinski definition) is 0. The average Bonchev–Trinajstić information content (AvgIpc) is 3.36. The number of aromatic nitrogens is 6. The van der Waals surface area contributed by atoms with Crippen molar-refractivity contribution in [3.05, 3.63) is 35.7 Å². The fourth-order valence-electron chi connectivity index (χ4n) is 3.91. The Labute approximate surface area is 167 Å². The number of anilines is 1. The average molecular weight is 393 g/mol. The highest BCUT2D eigenvalue weighted by Crippen LogP contribution is 2.35. The van der Waals surface area contributed by atoms with E-state index in [1.54, 1.807) is 0 Å². The first kappa shape index (κ1) is 17.7. The van der Waals surface area contributed by atoms with Crippen LogP contribution in [0.1, 0.15) is 24.6 Å². The summed E-state index contributed by atoms with van der Waals surface area (Å²) in [7, 11) is 1.98. The zero-order valence-electron chi connectivity index (χ0n) is 16.8. The van der Waals surface area contributed by atoms with Gasteiger partial charge in [-0.05, 0) is 38.5 Å². The van der Waals surface area contributed by atoms with Gasteiger partial charge in [0, 0.05) is 31.1 Å². The van der Waals surface area contributed by atoms with E-state index < -0.39 is 0 Å². The number of fused-ring (bicyclic) bond motifs is 2. The number of hydrogen-bond acceptors (Lipinski definition) is 7.